The number of hydrogen-bond acceptors (Lipinski definition) is 5. The molecule has 7 heteroatoms. The Balaban J connectivity index is 0.00000304. The Bertz CT molecular complexity index is 1140. The van der Waals surface area contributed by atoms with E-state index in [1.54, 1.807) is 23.5 Å². The standard InChI is InChI=1S/C29H34N2O3S.Na.H/c1-20-10-14-24(15-11-20)34-25-16-12-21(13-17-25)27-19-35-29(30-27)31(23-7-3-4-8-23)18-22-6-2-5-9-26(22)28(32)33;;/h2,5-6,9,12-13,16-17,19-20,23-24H,3-4,7-8,10-11,14-15,18H2,1H3,(H,32,33);;. The van der Waals surface area contributed by atoms with Crippen LogP contribution < -0.4 is 9.64 Å². The summed E-state index contributed by atoms with van der Waals surface area (Å²) in [5.41, 5.74) is 3.24. The van der Waals surface area contributed by atoms with E-state index in [4.69, 9.17) is 9.72 Å². The van der Waals surface area contributed by atoms with Crippen LogP contribution in [0.15, 0.2) is 53.9 Å². The number of benzene rings is 2. The fourth-order valence-electron chi connectivity index (χ4n) is 5.39. The first-order valence-corrected chi connectivity index (χ1v) is 13.8. The zero-order valence-corrected chi connectivity index (χ0v) is 21.2. The normalized spacial score (nSPS) is 20.0. The molecule has 1 N–H and O–H groups in total. The Morgan fingerprint density at radius 2 is 1.72 bits per heavy atom. The van der Waals surface area contributed by atoms with Gasteiger partial charge in [0.1, 0.15) is 5.75 Å². The maximum absolute atomic E-state index is 11.8. The molecule has 0 amide bonds. The minimum absolute atomic E-state index is 0. The third-order valence-electron chi connectivity index (χ3n) is 7.51. The number of hydrogen-bond donors (Lipinski definition) is 1. The van der Waals surface area contributed by atoms with Crippen molar-refractivity contribution in [1.29, 1.82) is 0 Å². The van der Waals surface area contributed by atoms with Crippen molar-refractivity contribution < 1.29 is 14.6 Å². The van der Waals surface area contributed by atoms with Gasteiger partial charge in [-0.2, -0.15) is 0 Å². The quantitative estimate of drug-likeness (QED) is 0.336. The number of ether oxygens (including phenoxy) is 1. The van der Waals surface area contributed by atoms with Crippen molar-refractivity contribution in [3.63, 3.8) is 0 Å². The van der Waals surface area contributed by atoms with Gasteiger partial charge in [0.05, 0.1) is 17.4 Å². The van der Waals surface area contributed by atoms with Crippen molar-refractivity contribution in [2.45, 2.75) is 77.0 Å². The van der Waals surface area contributed by atoms with Gasteiger partial charge in [0.2, 0.25) is 0 Å². The van der Waals surface area contributed by atoms with Gasteiger partial charge in [-0.3, -0.25) is 0 Å². The van der Waals surface area contributed by atoms with E-state index in [2.05, 4.69) is 41.5 Å². The van der Waals surface area contributed by atoms with E-state index in [1.807, 2.05) is 12.1 Å². The van der Waals surface area contributed by atoms with E-state index in [9.17, 15) is 9.90 Å². The molecule has 2 fully saturated rings. The minimum atomic E-state index is -0.878. The predicted octanol–water partition coefficient (Wildman–Crippen LogP) is 6.77. The number of carboxylic acid groups (broad SMARTS) is 1. The van der Waals surface area contributed by atoms with E-state index in [1.165, 1.54) is 25.7 Å². The molecule has 2 aliphatic rings. The second-order valence-electron chi connectivity index (χ2n) is 10.1. The summed E-state index contributed by atoms with van der Waals surface area (Å²) >= 11 is 1.64. The van der Waals surface area contributed by atoms with Crippen molar-refractivity contribution in [2.24, 2.45) is 5.92 Å². The molecule has 5 rings (SSSR count). The number of carboxylic acids is 1. The van der Waals surface area contributed by atoms with Gasteiger partial charge in [0, 0.05) is 23.5 Å². The number of anilines is 1. The zero-order valence-electron chi connectivity index (χ0n) is 20.4. The second-order valence-corrected chi connectivity index (χ2v) is 10.9. The Labute approximate surface area is 240 Å². The fraction of sp³-hybridized carbons (Fsp3) is 0.448. The third kappa shape index (κ3) is 6.52. The molecule has 0 atom stereocenters. The monoisotopic (exact) mass is 514 g/mol. The summed E-state index contributed by atoms with van der Waals surface area (Å²) in [6, 6.07) is 16.0. The summed E-state index contributed by atoms with van der Waals surface area (Å²) in [7, 11) is 0. The molecule has 36 heavy (non-hydrogen) atoms. The van der Waals surface area contributed by atoms with Crippen molar-refractivity contribution >= 4 is 52.0 Å². The molecule has 0 unspecified atom stereocenters. The number of nitrogens with zero attached hydrogens (tertiary/aromatic N) is 2. The van der Waals surface area contributed by atoms with Crippen molar-refractivity contribution in [2.75, 3.05) is 4.90 Å². The van der Waals surface area contributed by atoms with E-state index < -0.39 is 5.97 Å². The molecule has 2 aromatic carbocycles. The summed E-state index contributed by atoms with van der Waals surface area (Å²) in [6.45, 7) is 2.89. The van der Waals surface area contributed by atoms with Crippen LogP contribution in [0, 0.1) is 5.92 Å². The topological polar surface area (TPSA) is 62.7 Å². The maximum atomic E-state index is 11.8. The number of carbonyl (C=O) groups is 1. The first-order valence-electron chi connectivity index (χ1n) is 12.9. The number of aromatic nitrogens is 1. The molecule has 0 radical (unpaired) electrons. The third-order valence-corrected chi connectivity index (χ3v) is 8.39. The zero-order chi connectivity index (χ0) is 24.2. The van der Waals surface area contributed by atoms with E-state index in [0.717, 1.165) is 59.3 Å². The Morgan fingerprint density at radius 1 is 1.03 bits per heavy atom. The molecule has 1 heterocycles. The van der Waals surface area contributed by atoms with Gasteiger partial charge in [-0.15, -0.1) is 11.3 Å². The van der Waals surface area contributed by atoms with Crippen LogP contribution in [-0.2, 0) is 6.54 Å². The molecule has 1 aromatic heterocycles. The van der Waals surface area contributed by atoms with Crippen molar-refractivity contribution in [3.05, 3.63) is 65.0 Å². The van der Waals surface area contributed by atoms with Gasteiger partial charge in [-0.05, 0) is 80.3 Å². The van der Waals surface area contributed by atoms with Crippen LogP contribution >= 0.6 is 11.3 Å². The van der Waals surface area contributed by atoms with Gasteiger partial charge in [0.15, 0.2) is 5.13 Å². The van der Waals surface area contributed by atoms with Crippen LogP contribution in [0.1, 0.15) is 74.2 Å². The van der Waals surface area contributed by atoms with E-state index in [-0.39, 0.29) is 29.6 Å². The van der Waals surface area contributed by atoms with Crippen LogP contribution in [0.3, 0.4) is 0 Å². The van der Waals surface area contributed by atoms with Crippen LogP contribution in [0.25, 0.3) is 11.3 Å². The average Bonchev–Trinajstić information content (AvgIpc) is 3.58. The molecular formula is C29H35N2NaO3S. The Kier molecular flexibility index (Phi) is 9.51. The molecule has 0 spiro atoms. The molecular weight excluding hydrogens is 479 g/mol. The van der Waals surface area contributed by atoms with Crippen LogP contribution in [0.5, 0.6) is 5.75 Å². The second kappa shape index (κ2) is 12.6. The summed E-state index contributed by atoms with van der Waals surface area (Å²) < 4.78 is 6.23. The van der Waals surface area contributed by atoms with Gasteiger partial charge >= 0.3 is 35.5 Å². The van der Waals surface area contributed by atoms with Gasteiger partial charge in [-0.1, -0.05) is 38.0 Å². The fourth-order valence-corrected chi connectivity index (χ4v) is 6.30. The summed E-state index contributed by atoms with van der Waals surface area (Å²) in [4.78, 5) is 19.1. The van der Waals surface area contributed by atoms with E-state index >= 15 is 0 Å². The first kappa shape index (κ1) is 27.2. The summed E-state index contributed by atoms with van der Waals surface area (Å²) in [6.07, 6.45) is 9.77. The molecule has 2 aliphatic carbocycles. The van der Waals surface area contributed by atoms with Gasteiger partial charge in [-0.25, -0.2) is 9.78 Å². The van der Waals surface area contributed by atoms with Gasteiger partial charge in [0.25, 0.3) is 0 Å². The van der Waals surface area contributed by atoms with Crippen molar-refractivity contribution in [3.8, 4) is 17.0 Å². The number of aromatic carboxylic acids is 1. The van der Waals surface area contributed by atoms with E-state index in [0.29, 0.717) is 24.3 Å². The summed E-state index contributed by atoms with van der Waals surface area (Å²) in [5, 5.41) is 12.7. The molecule has 0 saturated heterocycles. The first-order chi connectivity index (χ1) is 17.1. The molecule has 3 aromatic rings. The molecule has 5 nitrogen and oxygen atoms in total. The van der Waals surface area contributed by atoms with Gasteiger partial charge < -0.3 is 14.7 Å². The van der Waals surface area contributed by atoms with Crippen LogP contribution in [0.4, 0.5) is 5.13 Å². The number of rotatable bonds is 8. The Hall–Kier alpha value is -1.86. The SMILES string of the molecule is CC1CCC(Oc2ccc(-c3csc(N(Cc4ccccc4C(=O)O)C4CCCC4)n3)cc2)CC1.[NaH]. The summed E-state index contributed by atoms with van der Waals surface area (Å²) in [5.74, 6) is 0.871. The molecule has 186 valence electrons. The van der Waals surface area contributed by atoms with Crippen LogP contribution in [-0.4, -0.2) is 57.8 Å². The predicted molar refractivity (Wildman–Crippen MR) is 149 cm³/mol. The molecule has 2 saturated carbocycles. The van der Waals surface area contributed by atoms with Crippen molar-refractivity contribution in [1.82, 2.24) is 4.98 Å². The Morgan fingerprint density at radius 3 is 2.42 bits per heavy atom. The number of thiazole rings is 1. The average molecular weight is 515 g/mol. The van der Waals surface area contributed by atoms with Crippen LogP contribution in [0.2, 0.25) is 0 Å². The molecule has 0 aliphatic heterocycles. The molecule has 0 bridgehead atoms.